The van der Waals surface area contributed by atoms with Crippen LogP contribution in [-0.2, 0) is 12.8 Å². The summed E-state index contributed by atoms with van der Waals surface area (Å²) < 4.78 is 0. The molecule has 2 aromatic carbocycles. The molecule has 0 saturated heterocycles. The average molecular weight is 291 g/mol. The first-order valence-electron chi connectivity index (χ1n) is 7.78. The van der Waals surface area contributed by atoms with E-state index >= 15 is 0 Å². The van der Waals surface area contributed by atoms with Crippen LogP contribution in [-0.4, -0.2) is 23.1 Å². The molecule has 2 rings (SSSR count). The van der Waals surface area contributed by atoms with Crippen LogP contribution in [0.15, 0.2) is 48.5 Å². The predicted molar refractivity (Wildman–Crippen MR) is 93.5 cm³/mol. The second kappa shape index (κ2) is 14.2. The van der Waals surface area contributed by atoms with Gasteiger partial charge in [-0.25, -0.2) is 0 Å². The van der Waals surface area contributed by atoms with E-state index in [0.717, 1.165) is 0 Å². The summed E-state index contributed by atoms with van der Waals surface area (Å²) in [5.74, 6) is 0. The van der Waals surface area contributed by atoms with E-state index in [1.165, 1.54) is 49.7 Å². The van der Waals surface area contributed by atoms with E-state index in [1.807, 2.05) is 36.4 Å². The van der Waals surface area contributed by atoms with Crippen LogP contribution in [0.25, 0.3) is 0 Å². The Kier molecular flexibility index (Phi) is 13.6. The zero-order chi connectivity index (χ0) is 14.5. The van der Waals surface area contributed by atoms with Crippen LogP contribution in [0.3, 0.4) is 0 Å². The van der Waals surface area contributed by atoms with Gasteiger partial charge in [-0.05, 0) is 0 Å². The van der Waals surface area contributed by atoms with Gasteiger partial charge in [-0.2, -0.15) is 71.8 Å². The van der Waals surface area contributed by atoms with Gasteiger partial charge in [-0.15, -0.1) is 0 Å². The number of hydrogen-bond acceptors (Lipinski definition) is 0. The summed E-state index contributed by atoms with van der Waals surface area (Å²) in [7, 11) is 0. The van der Waals surface area contributed by atoms with Crippen molar-refractivity contribution < 1.29 is 0 Å². The van der Waals surface area contributed by atoms with Gasteiger partial charge < -0.3 is 0 Å². The van der Waals surface area contributed by atoms with Crippen LogP contribution >= 0.6 is 0 Å². The maximum Gasteiger partial charge on any atom is 2.00 e. The molecule has 0 aromatic heterocycles. The SMILES string of the molecule is CCCCc1[c-]cccc1CCCC.[Mg+2].[c-]1ccccc1. The summed E-state index contributed by atoms with van der Waals surface area (Å²) in [6.45, 7) is 4.49. The molecule has 0 amide bonds. The molecular weight excluding hydrogens is 265 g/mol. The molecule has 0 spiro atoms. The topological polar surface area (TPSA) is 0 Å². The van der Waals surface area contributed by atoms with Crippen molar-refractivity contribution in [3.8, 4) is 0 Å². The van der Waals surface area contributed by atoms with Crippen molar-refractivity contribution >= 4 is 23.1 Å². The van der Waals surface area contributed by atoms with Gasteiger partial charge in [0.1, 0.15) is 0 Å². The molecule has 0 aliphatic rings. The van der Waals surface area contributed by atoms with E-state index in [4.69, 9.17) is 0 Å². The Morgan fingerprint density at radius 3 is 2.00 bits per heavy atom. The van der Waals surface area contributed by atoms with Gasteiger partial charge in [0, 0.05) is 0 Å². The molecule has 0 heterocycles. The Morgan fingerprint density at radius 1 is 0.810 bits per heavy atom. The molecule has 2 aromatic rings. The normalized spacial score (nSPS) is 9.24. The number of rotatable bonds is 6. The van der Waals surface area contributed by atoms with E-state index < -0.39 is 0 Å². The van der Waals surface area contributed by atoms with Crippen molar-refractivity contribution in [1.29, 1.82) is 0 Å². The zero-order valence-corrected chi connectivity index (χ0v) is 15.0. The van der Waals surface area contributed by atoms with Gasteiger partial charge in [0.15, 0.2) is 0 Å². The van der Waals surface area contributed by atoms with Crippen molar-refractivity contribution in [3.63, 3.8) is 0 Å². The summed E-state index contributed by atoms with van der Waals surface area (Å²) >= 11 is 0. The fourth-order valence-electron chi connectivity index (χ4n) is 2.04. The number of aryl methyl sites for hydroxylation is 2. The predicted octanol–water partition coefficient (Wildman–Crippen LogP) is 5.28. The van der Waals surface area contributed by atoms with Crippen LogP contribution in [0, 0.1) is 12.1 Å². The van der Waals surface area contributed by atoms with Crippen molar-refractivity contribution in [1.82, 2.24) is 0 Å². The first-order chi connectivity index (χ1) is 9.88. The second-order valence-electron chi connectivity index (χ2n) is 4.96. The third kappa shape index (κ3) is 9.70. The minimum atomic E-state index is 0. The quantitative estimate of drug-likeness (QED) is 0.502. The Labute approximate surface area is 147 Å². The van der Waals surface area contributed by atoms with Gasteiger partial charge in [-0.1, -0.05) is 52.4 Å². The molecule has 108 valence electrons. The summed E-state index contributed by atoms with van der Waals surface area (Å²) in [5, 5.41) is 0. The molecule has 0 atom stereocenters. The Bertz CT molecular complexity index is 383. The molecule has 0 radical (unpaired) electrons. The molecule has 0 nitrogen and oxygen atoms in total. The van der Waals surface area contributed by atoms with Crippen molar-refractivity contribution in [2.45, 2.75) is 52.4 Å². The minimum Gasteiger partial charge on any atom is -0.184 e. The molecule has 0 aliphatic heterocycles. The third-order valence-corrected chi connectivity index (χ3v) is 3.23. The van der Waals surface area contributed by atoms with Crippen molar-refractivity contribution in [2.24, 2.45) is 0 Å². The van der Waals surface area contributed by atoms with Crippen LogP contribution in [0.1, 0.15) is 50.7 Å². The molecule has 21 heavy (non-hydrogen) atoms. The first kappa shape index (κ1) is 20.2. The van der Waals surface area contributed by atoms with Gasteiger partial charge >= 0.3 is 23.1 Å². The third-order valence-electron chi connectivity index (χ3n) is 3.23. The van der Waals surface area contributed by atoms with Gasteiger partial charge in [-0.3, -0.25) is 0 Å². The Balaban J connectivity index is 0.000000480. The largest absolute Gasteiger partial charge is 2.00 e. The van der Waals surface area contributed by atoms with Gasteiger partial charge in [0.2, 0.25) is 0 Å². The van der Waals surface area contributed by atoms with E-state index in [1.54, 1.807) is 0 Å². The molecule has 0 bridgehead atoms. The first-order valence-corrected chi connectivity index (χ1v) is 7.78. The maximum atomic E-state index is 3.38. The van der Waals surface area contributed by atoms with Crippen molar-refractivity contribution in [2.75, 3.05) is 0 Å². The van der Waals surface area contributed by atoms with E-state index in [2.05, 4.69) is 38.1 Å². The van der Waals surface area contributed by atoms with E-state index in [9.17, 15) is 0 Å². The van der Waals surface area contributed by atoms with Gasteiger partial charge in [0.25, 0.3) is 0 Å². The molecule has 0 unspecified atom stereocenters. The summed E-state index contributed by atoms with van der Waals surface area (Å²) in [5.41, 5.74) is 2.96. The number of hydrogen-bond donors (Lipinski definition) is 0. The Morgan fingerprint density at radius 2 is 1.48 bits per heavy atom. The van der Waals surface area contributed by atoms with Crippen molar-refractivity contribution in [3.05, 3.63) is 71.8 Å². The van der Waals surface area contributed by atoms with Gasteiger partial charge in [0.05, 0.1) is 0 Å². The molecule has 0 fully saturated rings. The summed E-state index contributed by atoms with van der Waals surface area (Å²) in [4.78, 5) is 0. The maximum absolute atomic E-state index is 3.38. The average Bonchev–Trinajstić information content (AvgIpc) is 2.54. The Hall–Kier alpha value is -0.794. The van der Waals surface area contributed by atoms with Crippen LogP contribution in [0.5, 0.6) is 0 Å². The summed E-state index contributed by atoms with van der Waals surface area (Å²) in [6.07, 6.45) is 7.58. The fraction of sp³-hybridized carbons (Fsp3) is 0.400. The molecule has 0 saturated carbocycles. The van der Waals surface area contributed by atoms with Crippen LogP contribution < -0.4 is 0 Å². The number of unbranched alkanes of at least 4 members (excludes halogenated alkanes) is 2. The van der Waals surface area contributed by atoms with E-state index in [0.29, 0.717) is 0 Å². The smallest absolute Gasteiger partial charge is 0.184 e. The van der Waals surface area contributed by atoms with Crippen LogP contribution in [0.4, 0.5) is 0 Å². The number of benzene rings is 2. The minimum absolute atomic E-state index is 0. The molecule has 1 heteroatoms. The molecule has 0 N–H and O–H groups in total. The second-order valence-corrected chi connectivity index (χ2v) is 4.96. The standard InChI is InChI=1S/C14H21.C6H5.Mg/c1-3-5-9-13-11-7-8-12-14(13)10-6-4-2;1-2-4-6-5-3-1;/h7-8,11H,3-6,9-10H2,1-2H3;1-5H;/q2*-1;+2. The monoisotopic (exact) mass is 290 g/mol. The molecule has 0 aliphatic carbocycles. The van der Waals surface area contributed by atoms with E-state index in [-0.39, 0.29) is 23.1 Å². The molecular formula is C20H26Mg. The zero-order valence-electron chi connectivity index (χ0n) is 13.6. The summed E-state index contributed by atoms with van der Waals surface area (Å²) in [6, 6.07) is 22.3. The fourth-order valence-corrected chi connectivity index (χ4v) is 2.04. The van der Waals surface area contributed by atoms with Crippen LogP contribution in [0.2, 0.25) is 0 Å².